The molecule has 0 aliphatic carbocycles. The predicted molar refractivity (Wildman–Crippen MR) is 131 cm³/mol. The first-order chi connectivity index (χ1) is 17.8. The predicted octanol–water partition coefficient (Wildman–Crippen LogP) is 2.35. The molecule has 1 N–H and O–H groups in total. The van der Waals surface area contributed by atoms with Crippen LogP contribution < -0.4 is 15.1 Å². The van der Waals surface area contributed by atoms with Crippen molar-refractivity contribution in [2.45, 2.75) is 25.1 Å². The first kappa shape index (κ1) is 26.2. The molecular formula is C25H27F3N8O. The molecule has 4 rings (SSSR count). The van der Waals surface area contributed by atoms with E-state index in [1.807, 2.05) is 12.1 Å². The number of aromatic nitrogens is 2. The first-order valence-corrected chi connectivity index (χ1v) is 12.1. The summed E-state index contributed by atoms with van der Waals surface area (Å²) in [5.41, 5.74) is 1.52. The summed E-state index contributed by atoms with van der Waals surface area (Å²) in [4.78, 5) is 29.2. The monoisotopic (exact) mass is 512 g/mol. The molecule has 0 unspecified atom stereocenters. The van der Waals surface area contributed by atoms with Crippen LogP contribution in [0.15, 0.2) is 30.3 Å². The van der Waals surface area contributed by atoms with Gasteiger partial charge >= 0.3 is 6.18 Å². The van der Waals surface area contributed by atoms with Crippen molar-refractivity contribution in [3.05, 3.63) is 58.7 Å². The fourth-order valence-corrected chi connectivity index (χ4v) is 4.38. The van der Waals surface area contributed by atoms with Gasteiger partial charge in [-0.2, -0.15) is 18.4 Å². The molecule has 194 valence electrons. The lowest BCUT2D eigenvalue weighted by Gasteiger charge is -2.41. The molecule has 2 aliphatic rings. The second-order valence-corrected chi connectivity index (χ2v) is 8.96. The standard InChI is InChI=1S/C25H27F3N8O/c1-30-9-11-34-12-14-35(15-13-34)21-16-22(33-24(32-21)25(26,27)28)36-10-7-20(36)23(37)31-8-6-18-2-4-19(17-29)5-3-18/h2-5,16,20H,6-15H2,(H,31,37)/t20-/m0/s1. The van der Waals surface area contributed by atoms with Crippen molar-refractivity contribution in [2.75, 3.05) is 62.2 Å². The van der Waals surface area contributed by atoms with Crippen LogP contribution in [0.5, 0.6) is 0 Å². The molecule has 1 atom stereocenters. The SMILES string of the molecule is [C-]#[N+]CCN1CCN(c2cc(N3CC[C@H]3C(=O)NCCc3ccc(C#N)cc3)nc(C(F)(F)F)n2)CC1. The summed E-state index contributed by atoms with van der Waals surface area (Å²) in [6.07, 6.45) is -3.63. The Kier molecular flexibility index (Phi) is 8.09. The minimum Gasteiger partial charge on any atom is -0.354 e. The Hall–Kier alpha value is -3.90. The summed E-state index contributed by atoms with van der Waals surface area (Å²) in [6.45, 7) is 11.0. The van der Waals surface area contributed by atoms with Crippen LogP contribution in [0.4, 0.5) is 24.8 Å². The molecule has 2 saturated heterocycles. The van der Waals surface area contributed by atoms with E-state index in [9.17, 15) is 18.0 Å². The van der Waals surface area contributed by atoms with Crippen LogP contribution in [-0.2, 0) is 17.4 Å². The highest BCUT2D eigenvalue weighted by atomic mass is 19.4. The van der Waals surface area contributed by atoms with Crippen molar-refractivity contribution in [3.63, 3.8) is 0 Å². The largest absolute Gasteiger partial charge is 0.451 e. The number of benzene rings is 1. The Labute approximate surface area is 213 Å². The average Bonchev–Trinajstić information content (AvgIpc) is 2.87. The van der Waals surface area contributed by atoms with Gasteiger partial charge in [0.25, 0.3) is 0 Å². The van der Waals surface area contributed by atoms with Crippen molar-refractivity contribution in [1.29, 1.82) is 5.26 Å². The fraction of sp³-hybridized carbons (Fsp3) is 0.480. The normalized spacial score (nSPS) is 18.0. The van der Waals surface area contributed by atoms with Gasteiger partial charge < -0.3 is 20.0 Å². The lowest BCUT2D eigenvalue weighted by atomic mass is 10.0. The van der Waals surface area contributed by atoms with Gasteiger partial charge in [-0.3, -0.25) is 9.69 Å². The second kappa shape index (κ2) is 11.4. The number of rotatable bonds is 8. The van der Waals surface area contributed by atoms with Crippen LogP contribution in [0.1, 0.15) is 23.4 Å². The van der Waals surface area contributed by atoms with Crippen molar-refractivity contribution >= 4 is 17.5 Å². The fourth-order valence-electron chi connectivity index (χ4n) is 4.38. The van der Waals surface area contributed by atoms with E-state index >= 15 is 0 Å². The van der Waals surface area contributed by atoms with Crippen LogP contribution in [-0.4, -0.2) is 79.2 Å². The van der Waals surface area contributed by atoms with Gasteiger partial charge in [-0.05, 0) is 30.5 Å². The number of piperazine rings is 1. The third-order valence-corrected chi connectivity index (χ3v) is 6.59. The number of amides is 1. The number of halogens is 3. The van der Waals surface area contributed by atoms with E-state index < -0.39 is 18.0 Å². The van der Waals surface area contributed by atoms with E-state index in [0.29, 0.717) is 70.8 Å². The molecule has 0 bridgehead atoms. The van der Waals surface area contributed by atoms with E-state index in [1.165, 1.54) is 6.07 Å². The van der Waals surface area contributed by atoms with E-state index in [4.69, 9.17) is 11.8 Å². The van der Waals surface area contributed by atoms with Gasteiger partial charge in [-0.1, -0.05) is 12.1 Å². The van der Waals surface area contributed by atoms with Gasteiger partial charge in [-0.25, -0.2) is 16.5 Å². The van der Waals surface area contributed by atoms with Crippen LogP contribution in [0.2, 0.25) is 0 Å². The van der Waals surface area contributed by atoms with Crippen LogP contribution in [0.3, 0.4) is 0 Å². The second-order valence-electron chi connectivity index (χ2n) is 8.96. The number of nitriles is 1. The third kappa shape index (κ3) is 6.46. The Morgan fingerprint density at radius 2 is 1.84 bits per heavy atom. The first-order valence-electron chi connectivity index (χ1n) is 12.1. The van der Waals surface area contributed by atoms with E-state index in [2.05, 4.69) is 31.1 Å². The summed E-state index contributed by atoms with van der Waals surface area (Å²) in [5.74, 6) is -1.20. The average molecular weight is 513 g/mol. The molecule has 9 nitrogen and oxygen atoms in total. The molecule has 12 heteroatoms. The quantitative estimate of drug-likeness (QED) is 0.543. The number of hydrogen-bond donors (Lipinski definition) is 1. The summed E-state index contributed by atoms with van der Waals surface area (Å²) in [7, 11) is 0. The van der Waals surface area contributed by atoms with Gasteiger partial charge in [0.2, 0.25) is 18.3 Å². The van der Waals surface area contributed by atoms with Crippen LogP contribution >= 0.6 is 0 Å². The van der Waals surface area contributed by atoms with Crippen molar-refractivity contribution in [3.8, 4) is 6.07 Å². The summed E-state index contributed by atoms with van der Waals surface area (Å²) in [5, 5.41) is 11.7. The lowest BCUT2D eigenvalue weighted by molar-refractivity contribution is -0.144. The van der Waals surface area contributed by atoms with Crippen molar-refractivity contribution in [2.24, 2.45) is 0 Å². The molecule has 1 aromatic carbocycles. The summed E-state index contributed by atoms with van der Waals surface area (Å²) in [6, 6.07) is 10.1. The minimum absolute atomic E-state index is 0.0891. The molecule has 0 saturated carbocycles. The maximum Gasteiger partial charge on any atom is 0.451 e. The number of hydrogen-bond acceptors (Lipinski definition) is 7. The van der Waals surface area contributed by atoms with Crippen LogP contribution in [0, 0.1) is 17.9 Å². The molecule has 1 amide bonds. The maximum absolute atomic E-state index is 13.6. The molecule has 0 spiro atoms. The zero-order valence-corrected chi connectivity index (χ0v) is 20.2. The molecule has 2 fully saturated rings. The Morgan fingerprint density at radius 1 is 1.14 bits per heavy atom. The Morgan fingerprint density at radius 3 is 2.43 bits per heavy atom. The summed E-state index contributed by atoms with van der Waals surface area (Å²) >= 11 is 0. The summed E-state index contributed by atoms with van der Waals surface area (Å²) < 4.78 is 40.9. The van der Waals surface area contributed by atoms with Crippen molar-refractivity contribution < 1.29 is 18.0 Å². The number of nitrogens with one attached hydrogen (secondary N) is 1. The topological polar surface area (TPSA) is 92.8 Å². The molecule has 3 heterocycles. The number of anilines is 2. The smallest absolute Gasteiger partial charge is 0.354 e. The van der Waals surface area contributed by atoms with Gasteiger partial charge in [0, 0.05) is 45.3 Å². The van der Waals surface area contributed by atoms with Gasteiger partial charge in [0.1, 0.15) is 17.7 Å². The van der Waals surface area contributed by atoms with Crippen molar-refractivity contribution in [1.82, 2.24) is 20.2 Å². The van der Waals surface area contributed by atoms with Gasteiger partial charge in [0.05, 0.1) is 18.2 Å². The molecule has 2 aliphatic heterocycles. The molecule has 37 heavy (non-hydrogen) atoms. The third-order valence-electron chi connectivity index (χ3n) is 6.59. The highest BCUT2D eigenvalue weighted by Gasteiger charge is 2.40. The molecule has 0 radical (unpaired) electrons. The molecule has 1 aromatic heterocycles. The number of alkyl halides is 3. The number of nitrogens with zero attached hydrogens (tertiary/aromatic N) is 7. The van der Waals surface area contributed by atoms with Crippen LogP contribution in [0.25, 0.3) is 4.85 Å². The highest BCUT2D eigenvalue weighted by Crippen LogP contribution is 2.33. The maximum atomic E-state index is 13.6. The number of carbonyl (C=O) groups is 1. The van der Waals surface area contributed by atoms with Gasteiger partial charge in [-0.15, -0.1) is 0 Å². The lowest BCUT2D eigenvalue weighted by Crippen LogP contribution is -2.57. The van der Waals surface area contributed by atoms with Gasteiger partial charge in [0.15, 0.2) is 0 Å². The minimum atomic E-state index is -4.72. The molecule has 2 aromatic rings. The zero-order chi connectivity index (χ0) is 26.4. The van der Waals surface area contributed by atoms with E-state index in [-0.39, 0.29) is 17.5 Å². The van der Waals surface area contributed by atoms with E-state index in [0.717, 1.165) is 5.56 Å². The molecular weight excluding hydrogens is 485 g/mol. The zero-order valence-electron chi connectivity index (χ0n) is 20.2. The highest BCUT2D eigenvalue weighted by molar-refractivity contribution is 5.86. The van der Waals surface area contributed by atoms with E-state index in [1.54, 1.807) is 21.9 Å². The number of carbonyl (C=O) groups excluding carboxylic acids is 1. The Balaban J connectivity index is 1.41. The Bertz CT molecular complexity index is 1180.